The average molecular weight is 590 g/mol. The van der Waals surface area contributed by atoms with Gasteiger partial charge in [-0.15, -0.1) is 13.2 Å². The fraction of sp³-hybridized carbons (Fsp3) is 0.281. The maximum atomic E-state index is 15.1. The predicted molar refractivity (Wildman–Crippen MR) is 170 cm³/mol. The third-order valence-electron chi connectivity index (χ3n) is 7.07. The van der Waals surface area contributed by atoms with Crippen molar-refractivity contribution in [2.24, 2.45) is 5.73 Å². The summed E-state index contributed by atoms with van der Waals surface area (Å²) < 4.78 is 16.6. The number of nitrogens with two attached hydrogens (primary N) is 1. The highest BCUT2D eigenvalue weighted by Crippen LogP contribution is 2.31. The third kappa shape index (κ3) is 7.61. The monoisotopic (exact) mass is 589 g/mol. The molecule has 0 saturated carbocycles. The van der Waals surface area contributed by atoms with E-state index in [0.717, 1.165) is 43.5 Å². The Morgan fingerprint density at radius 1 is 1.19 bits per heavy atom. The first-order valence-electron chi connectivity index (χ1n) is 13.9. The van der Waals surface area contributed by atoms with Gasteiger partial charge in [0.1, 0.15) is 5.65 Å². The van der Waals surface area contributed by atoms with Crippen LogP contribution in [0.3, 0.4) is 0 Å². The van der Waals surface area contributed by atoms with E-state index in [1.807, 2.05) is 30.3 Å². The van der Waals surface area contributed by atoms with Crippen LogP contribution in [0.1, 0.15) is 43.4 Å². The summed E-state index contributed by atoms with van der Waals surface area (Å²) in [5.74, 6) is -0.0843. The molecule has 2 atom stereocenters. The minimum atomic E-state index is -0.535. The van der Waals surface area contributed by atoms with Gasteiger partial charge in [0.05, 0.1) is 28.3 Å². The van der Waals surface area contributed by atoms with Crippen LogP contribution in [0.2, 0.25) is 5.02 Å². The number of nitrogens with zero attached hydrogens (tertiary/aromatic N) is 2. The fourth-order valence-corrected chi connectivity index (χ4v) is 5.01. The van der Waals surface area contributed by atoms with E-state index < -0.39 is 11.5 Å². The summed E-state index contributed by atoms with van der Waals surface area (Å²) in [6, 6.07) is 12.6. The van der Waals surface area contributed by atoms with E-state index in [2.05, 4.69) is 33.8 Å². The number of nitrogens with one attached hydrogen (secondary N) is 4. The molecule has 2 aromatic carbocycles. The second-order valence-corrected chi connectivity index (χ2v) is 10.7. The first kappa shape index (κ1) is 30.9. The van der Waals surface area contributed by atoms with Gasteiger partial charge in [-0.3, -0.25) is 9.98 Å². The van der Waals surface area contributed by atoms with Crippen molar-refractivity contribution < 1.29 is 4.39 Å². The van der Waals surface area contributed by atoms with Crippen LogP contribution in [0.15, 0.2) is 78.8 Å². The van der Waals surface area contributed by atoms with Crippen LogP contribution >= 0.6 is 11.6 Å². The number of H-pyrrole nitrogens is 1. The number of hydrogen-bond acceptors (Lipinski definition) is 5. The summed E-state index contributed by atoms with van der Waals surface area (Å²) in [5, 5.41) is 14.6. The summed E-state index contributed by atoms with van der Waals surface area (Å²) in [5.41, 5.74) is 9.20. The smallest absolute Gasteiger partial charge is 0.354 e. The van der Waals surface area contributed by atoms with E-state index in [9.17, 15) is 4.79 Å². The Labute approximate surface area is 250 Å². The second-order valence-electron chi connectivity index (χ2n) is 10.3. The first-order valence-corrected chi connectivity index (χ1v) is 14.3. The predicted octanol–water partition coefficient (Wildman–Crippen LogP) is 5.80. The Bertz CT molecular complexity index is 1630. The maximum absolute atomic E-state index is 15.1. The molecule has 0 unspecified atom stereocenters. The number of halogens is 2. The summed E-state index contributed by atoms with van der Waals surface area (Å²) in [7, 11) is 0. The molecule has 4 aromatic rings. The molecule has 0 fully saturated rings. The van der Waals surface area contributed by atoms with Gasteiger partial charge in [-0.05, 0) is 80.6 Å². The van der Waals surface area contributed by atoms with Gasteiger partial charge in [-0.1, -0.05) is 35.9 Å². The Morgan fingerprint density at radius 2 is 1.95 bits per heavy atom. The standard InChI is InChI=1S/C32H37ClFN7O/c1-4-24(36)9-6-8-21-16-26(30(34)27(33)17-21)29-18-23-19-41(32(42)40-31(23)39-29)25-12-10-22(11-13-25)28(5-2)38-15-7-14-37-20(3)35/h4-5,10-13,16-19,24,28,38H,1-2,6-9,14-15,36H2,3H3,(H2,35,37)(H,39,40,42)/t24-,28-/m0/s1. The van der Waals surface area contributed by atoms with Gasteiger partial charge in [0.25, 0.3) is 0 Å². The lowest BCUT2D eigenvalue weighted by atomic mass is 10.0. The largest absolute Gasteiger partial charge is 0.374 e. The molecule has 42 heavy (non-hydrogen) atoms. The number of aryl methyl sites for hydroxylation is 1. The number of amidine groups is 1. The van der Waals surface area contributed by atoms with Crippen LogP contribution in [-0.4, -0.2) is 39.5 Å². The highest BCUT2D eigenvalue weighted by Gasteiger charge is 2.16. The number of rotatable bonds is 14. The molecule has 0 aliphatic carbocycles. The number of aromatic amines is 1. The molecule has 0 bridgehead atoms. The van der Waals surface area contributed by atoms with Crippen LogP contribution in [0.25, 0.3) is 28.0 Å². The van der Waals surface area contributed by atoms with E-state index >= 15 is 4.39 Å². The highest BCUT2D eigenvalue weighted by molar-refractivity contribution is 6.31. The Hall–Kier alpha value is -4.05. The molecule has 220 valence electrons. The molecular formula is C32H37ClFN7O. The minimum Gasteiger partial charge on any atom is -0.374 e. The van der Waals surface area contributed by atoms with Gasteiger partial charge in [0.15, 0.2) is 5.82 Å². The fourth-order valence-electron chi connectivity index (χ4n) is 4.77. The molecule has 2 aromatic heterocycles. The number of benzene rings is 2. The molecule has 10 heteroatoms. The van der Waals surface area contributed by atoms with Crippen molar-refractivity contribution in [2.75, 3.05) is 13.1 Å². The van der Waals surface area contributed by atoms with Gasteiger partial charge in [0.2, 0.25) is 0 Å². The molecular weight excluding hydrogens is 553 g/mol. The van der Waals surface area contributed by atoms with Crippen LogP contribution in [0, 0.1) is 11.2 Å². The van der Waals surface area contributed by atoms with Crippen molar-refractivity contribution in [1.82, 2.24) is 25.2 Å². The average Bonchev–Trinajstić information content (AvgIpc) is 3.38. The quantitative estimate of drug-likeness (QED) is 0.0550. The van der Waals surface area contributed by atoms with Gasteiger partial charge in [0, 0.05) is 29.7 Å². The van der Waals surface area contributed by atoms with Crippen molar-refractivity contribution >= 4 is 28.5 Å². The maximum Gasteiger partial charge on any atom is 0.354 e. The SMILES string of the molecule is C=C[C@H](NCCCNC(C)=N)c1ccc(-n2cc3cc(-c4cc(CCC[C@@H](N)C=C)cc(Cl)c4F)[nH]c3nc2=O)cc1. The zero-order valence-electron chi connectivity index (χ0n) is 23.7. The normalized spacial score (nSPS) is 12.7. The zero-order chi connectivity index (χ0) is 30.2. The number of hydrogen-bond donors (Lipinski definition) is 5. The molecule has 0 amide bonds. The van der Waals surface area contributed by atoms with Crippen molar-refractivity contribution in [2.45, 2.75) is 44.7 Å². The van der Waals surface area contributed by atoms with Crippen molar-refractivity contribution in [3.8, 4) is 16.9 Å². The van der Waals surface area contributed by atoms with Crippen LogP contribution < -0.4 is 22.1 Å². The highest BCUT2D eigenvalue weighted by atomic mass is 35.5. The Morgan fingerprint density at radius 3 is 2.64 bits per heavy atom. The second kappa shape index (κ2) is 14.2. The zero-order valence-corrected chi connectivity index (χ0v) is 24.5. The lowest BCUT2D eigenvalue weighted by Gasteiger charge is -2.16. The molecule has 0 radical (unpaired) electrons. The van der Waals surface area contributed by atoms with Gasteiger partial charge in [-0.2, -0.15) is 4.98 Å². The topological polar surface area (TPSA) is 125 Å². The van der Waals surface area contributed by atoms with E-state index in [4.69, 9.17) is 22.7 Å². The van der Waals surface area contributed by atoms with E-state index in [1.165, 1.54) is 4.57 Å². The summed E-state index contributed by atoms with van der Waals surface area (Å²) in [4.78, 5) is 20.3. The van der Waals surface area contributed by atoms with Crippen molar-refractivity contribution in [3.63, 3.8) is 0 Å². The number of aromatic nitrogens is 3. The first-order chi connectivity index (χ1) is 20.2. The van der Waals surface area contributed by atoms with E-state index in [-0.39, 0.29) is 17.1 Å². The van der Waals surface area contributed by atoms with Crippen molar-refractivity contribution in [3.05, 3.63) is 106 Å². The molecule has 2 heterocycles. The van der Waals surface area contributed by atoms with Crippen LogP contribution in [0.5, 0.6) is 0 Å². The molecule has 0 aliphatic heterocycles. The summed E-state index contributed by atoms with van der Waals surface area (Å²) >= 11 is 6.25. The van der Waals surface area contributed by atoms with Gasteiger partial charge in [-0.25, -0.2) is 9.18 Å². The lowest BCUT2D eigenvalue weighted by Crippen LogP contribution is -2.26. The van der Waals surface area contributed by atoms with E-state index in [1.54, 1.807) is 37.4 Å². The van der Waals surface area contributed by atoms with Crippen LogP contribution in [-0.2, 0) is 6.42 Å². The summed E-state index contributed by atoms with van der Waals surface area (Å²) in [6.45, 7) is 10.8. The molecule has 0 spiro atoms. The minimum absolute atomic E-state index is 0.0345. The third-order valence-corrected chi connectivity index (χ3v) is 7.34. The molecule has 0 saturated heterocycles. The van der Waals surface area contributed by atoms with Gasteiger partial charge >= 0.3 is 5.69 Å². The van der Waals surface area contributed by atoms with Crippen molar-refractivity contribution in [1.29, 1.82) is 5.41 Å². The Kier molecular flexibility index (Phi) is 10.5. The summed E-state index contributed by atoms with van der Waals surface area (Å²) in [6.07, 6.45) is 8.38. The number of fused-ring (bicyclic) bond motifs is 1. The molecule has 6 N–H and O–H groups in total. The van der Waals surface area contributed by atoms with E-state index in [0.29, 0.717) is 40.2 Å². The molecule has 0 aliphatic rings. The molecule has 4 rings (SSSR count). The Balaban J connectivity index is 1.54. The van der Waals surface area contributed by atoms with Crippen LogP contribution in [0.4, 0.5) is 4.39 Å². The van der Waals surface area contributed by atoms with Gasteiger partial charge < -0.3 is 21.4 Å². The lowest BCUT2D eigenvalue weighted by molar-refractivity contribution is 0.591. The molecule has 8 nitrogen and oxygen atoms in total.